The number of aromatic nitrogens is 2. The number of nitrogens with zero attached hydrogens (tertiary/aromatic N) is 3. The van der Waals surface area contributed by atoms with Gasteiger partial charge in [-0.15, -0.1) is 9.17 Å². The summed E-state index contributed by atoms with van der Waals surface area (Å²) in [5.74, 6) is -0.802. The summed E-state index contributed by atoms with van der Waals surface area (Å²) in [4.78, 5) is 37.5. The fraction of sp³-hybridized carbons (Fsp3) is 0.444. The summed E-state index contributed by atoms with van der Waals surface area (Å²) in [6.07, 6.45) is -1.74. The summed E-state index contributed by atoms with van der Waals surface area (Å²) < 4.78 is 14.2. The van der Waals surface area contributed by atoms with Crippen LogP contribution in [0.2, 0.25) is 0 Å². The Hall–Kier alpha value is -2.23. The Kier molecular flexibility index (Phi) is 5.18. The van der Waals surface area contributed by atoms with Gasteiger partial charge in [-0.2, -0.15) is 4.99 Å². The molecule has 0 aliphatic heterocycles. The van der Waals surface area contributed by atoms with E-state index in [9.17, 15) is 14.4 Å². The Balaban J connectivity index is 3.30. The van der Waals surface area contributed by atoms with Crippen LogP contribution in [0.3, 0.4) is 0 Å². The minimum atomic E-state index is -0.925. The molecule has 0 saturated heterocycles. The molecule has 0 radical (unpaired) electrons. The molecular weight excluding hydrogens is 278 g/mol. The maximum Gasteiger partial charge on any atom is 0.444 e. The van der Waals surface area contributed by atoms with Crippen LogP contribution in [-0.2, 0) is 14.2 Å². The number of ether oxygens (including phenoxy) is 3. The van der Waals surface area contributed by atoms with Gasteiger partial charge in [0.1, 0.15) is 0 Å². The van der Waals surface area contributed by atoms with E-state index in [1.807, 2.05) is 0 Å². The van der Waals surface area contributed by atoms with Crippen molar-refractivity contribution in [2.24, 2.45) is 4.99 Å². The molecule has 1 aromatic heterocycles. The fourth-order valence-corrected chi connectivity index (χ4v) is 1.73. The Bertz CT molecular complexity index is 561. The van der Waals surface area contributed by atoms with Crippen molar-refractivity contribution >= 4 is 29.7 Å². The summed E-state index contributed by atoms with van der Waals surface area (Å²) in [6.45, 7) is 1.72. The molecule has 9 nitrogen and oxygen atoms in total. The number of amides is 1. The zero-order chi connectivity index (χ0) is 14.4. The smallest absolute Gasteiger partial charge is 0.444 e. The van der Waals surface area contributed by atoms with Gasteiger partial charge in [0.05, 0.1) is 20.8 Å². The molecule has 0 unspecified atom stereocenters. The van der Waals surface area contributed by atoms with E-state index in [0.29, 0.717) is 11.5 Å². The highest BCUT2D eigenvalue weighted by atomic mass is 32.1. The second-order valence-corrected chi connectivity index (χ2v) is 3.81. The predicted octanol–water partition coefficient (Wildman–Crippen LogP) is 0.403. The molecule has 0 aliphatic rings. The molecule has 19 heavy (non-hydrogen) atoms. The lowest BCUT2D eigenvalue weighted by Crippen LogP contribution is -2.17. The highest BCUT2D eigenvalue weighted by Gasteiger charge is 2.20. The zero-order valence-corrected chi connectivity index (χ0v) is 11.2. The van der Waals surface area contributed by atoms with Crippen molar-refractivity contribution in [3.63, 3.8) is 0 Å². The van der Waals surface area contributed by atoms with Crippen LogP contribution in [-0.4, -0.2) is 48.2 Å². The van der Waals surface area contributed by atoms with E-state index in [2.05, 4.69) is 19.6 Å². The highest BCUT2D eigenvalue weighted by molar-refractivity contribution is 7.04. The average Bonchev–Trinajstić information content (AvgIpc) is 2.81. The largest absolute Gasteiger partial charge is 0.461 e. The van der Waals surface area contributed by atoms with Crippen molar-refractivity contribution in [3.8, 4) is 0 Å². The van der Waals surface area contributed by atoms with Gasteiger partial charge in [0, 0.05) is 0 Å². The van der Waals surface area contributed by atoms with Gasteiger partial charge in [-0.1, -0.05) is 0 Å². The zero-order valence-electron chi connectivity index (χ0n) is 10.4. The molecule has 0 aromatic carbocycles. The van der Waals surface area contributed by atoms with Gasteiger partial charge in [0.15, 0.2) is 4.67 Å². The van der Waals surface area contributed by atoms with Gasteiger partial charge in [-0.25, -0.2) is 14.4 Å². The third-order valence-electron chi connectivity index (χ3n) is 1.73. The number of carbonyl (C=O) groups excluding carboxylic acids is 3. The molecule has 1 aromatic rings. The minimum Gasteiger partial charge on any atom is -0.461 e. The Morgan fingerprint density at radius 1 is 1.32 bits per heavy atom. The summed E-state index contributed by atoms with van der Waals surface area (Å²) in [6, 6.07) is 0. The lowest BCUT2D eigenvalue weighted by Gasteiger charge is -1.96. The number of hydrogen-bond acceptors (Lipinski definition) is 8. The van der Waals surface area contributed by atoms with Gasteiger partial charge in [-0.3, -0.25) is 0 Å². The monoisotopic (exact) mass is 289 g/mol. The molecule has 1 heterocycles. The maximum atomic E-state index is 11.6. The quantitative estimate of drug-likeness (QED) is 0.572. The Labute approximate surface area is 111 Å². The molecule has 0 aliphatic carbocycles. The van der Waals surface area contributed by atoms with Gasteiger partial charge in [0.2, 0.25) is 5.69 Å². The van der Waals surface area contributed by atoms with Crippen molar-refractivity contribution in [1.29, 1.82) is 0 Å². The Morgan fingerprint density at radius 3 is 2.53 bits per heavy atom. The molecule has 1 amide bonds. The van der Waals surface area contributed by atoms with Crippen molar-refractivity contribution in [2.45, 2.75) is 6.92 Å². The van der Waals surface area contributed by atoms with Crippen LogP contribution >= 0.6 is 11.5 Å². The van der Waals surface area contributed by atoms with E-state index in [0.717, 1.165) is 18.3 Å². The molecule has 10 heteroatoms. The lowest BCUT2D eigenvalue weighted by molar-refractivity contribution is 0.0517. The van der Waals surface area contributed by atoms with Crippen LogP contribution in [0.4, 0.5) is 9.59 Å². The standard InChI is InChI=1S/C9H11N3O6S/c1-4-18-7(13)5-6(10-8(14)16-2)19-12(11-5)9(15)17-3/h4H2,1-3H3. The van der Waals surface area contributed by atoms with Crippen LogP contribution < -0.4 is 4.67 Å². The molecule has 1 rings (SSSR count). The first kappa shape index (κ1) is 14.8. The number of hydrogen-bond donors (Lipinski definition) is 0. The van der Waals surface area contributed by atoms with E-state index < -0.39 is 18.2 Å². The van der Waals surface area contributed by atoms with E-state index in [1.165, 1.54) is 0 Å². The number of rotatable bonds is 2. The highest BCUT2D eigenvalue weighted by Crippen LogP contribution is 1.99. The van der Waals surface area contributed by atoms with E-state index in [1.54, 1.807) is 6.92 Å². The van der Waals surface area contributed by atoms with Crippen LogP contribution in [0.25, 0.3) is 0 Å². The summed E-state index contributed by atoms with van der Waals surface area (Å²) >= 11 is 0.653. The topological polar surface area (TPSA) is 109 Å². The SMILES string of the molecule is CCOC(=O)c1nn(C(=O)OC)sc1=NC(=O)OC. The van der Waals surface area contributed by atoms with Crippen LogP contribution in [0, 0.1) is 0 Å². The molecule has 104 valence electrons. The van der Waals surface area contributed by atoms with E-state index in [-0.39, 0.29) is 17.0 Å². The van der Waals surface area contributed by atoms with Crippen molar-refractivity contribution in [2.75, 3.05) is 20.8 Å². The lowest BCUT2D eigenvalue weighted by atomic mass is 10.5. The predicted molar refractivity (Wildman–Crippen MR) is 61.8 cm³/mol. The average molecular weight is 289 g/mol. The summed E-state index contributed by atoms with van der Waals surface area (Å²) in [5.41, 5.74) is -0.261. The summed E-state index contributed by atoms with van der Waals surface area (Å²) in [7, 11) is 2.28. The molecule has 0 bridgehead atoms. The van der Waals surface area contributed by atoms with Gasteiger partial charge in [0.25, 0.3) is 0 Å². The second kappa shape index (κ2) is 6.64. The number of esters is 1. The van der Waals surface area contributed by atoms with Crippen molar-refractivity contribution < 1.29 is 28.6 Å². The van der Waals surface area contributed by atoms with Crippen LogP contribution in [0.1, 0.15) is 17.4 Å². The number of methoxy groups -OCH3 is 2. The summed E-state index contributed by atoms with van der Waals surface area (Å²) in [5, 5.41) is 3.67. The van der Waals surface area contributed by atoms with Gasteiger partial charge >= 0.3 is 18.2 Å². The van der Waals surface area contributed by atoms with Gasteiger partial charge in [-0.05, 0) is 18.5 Å². The second-order valence-electron chi connectivity index (χ2n) is 2.89. The van der Waals surface area contributed by atoms with Crippen molar-refractivity contribution in [3.05, 3.63) is 10.4 Å². The first-order valence-corrected chi connectivity index (χ1v) is 5.79. The number of carbonyl (C=O) groups is 3. The van der Waals surface area contributed by atoms with E-state index in [4.69, 9.17) is 4.74 Å². The minimum absolute atomic E-state index is 0.101. The maximum absolute atomic E-state index is 11.6. The van der Waals surface area contributed by atoms with Gasteiger partial charge < -0.3 is 14.2 Å². The first-order chi connectivity index (χ1) is 9.03. The third kappa shape index (κ3) is 3.61. The molecule has 0 fully saturated rings. The van der Waals surface area contributed by atoms with Crippen LogP contribution in [0.5, 0.6) is 0 Å². The molecule has 0 N–H and O–H groups in total. The van der Waals surface area contributed by atoms with Crippen LogP contribution in [0.15, 0.2) is 4.99 Å². The molecular formula is C9H11N3O6S. The third-order valence-corrected chi connectivity index (χ3v) is 2.59. The molecule has 0 atom stereocenters. The Morgan fingerprint density at radius 2 is 2.00 bits per heavy atom. The van der Waals surface area contributed by atoms with Crippen molar-refractivity contribution in [1.82, 2.24) is 9.17 Å². The molecule has 0 spiro atoms. The molecule has 0 saturated carbocycles. The normalized spacial score (nSPS) is 11.0. The first-order valence-electron chi connectivity index (χ1n) is 5.02. The van der Waals surface area contributed by atoms with E-state index >= 15 is 0 Å². The fourth-order valence-electron chi connectivity index (χ4n) is 0.965.